The van der Waals surface area contributed by atoms with Gasteiger partial charge in [0.2, 0.25) is 5.62 Å². The molecule has 0 fully saturated rings. The minimum atomic E-state index is 0.243. The van der Waals surface area contributed by atoms with Crippen LogP contribution < -0.4 is 5.62 Å². The molecule has 1 heterocycles. The van der Waals surface area contributed by atoms with Gasteiger partial charge in [-0.2, -0.15) is 0 Å². The van der Waals surface area contributed by atoms with E-state index >= 15 is 0 Å². The van der Waals surface area contributed by atoms with E-state index in [2.05, 4.69) is 4.98 Å². The van der Waals surface area contributed by atoms with Gasteiger partial charge in [-0.15, -0.1) is 0 Å². The molecule has 15 heavy (non-hydrogen) atoms. The first kappa shape index (κ1) is 9.93. The van der Waals surface area contributed by atoms with Crippen molar-refractivity contribution < 1.29 is 0 Å². The van der Waals surface area contributed by atoms with E-state index in [1.807, 2.05) is 30.5 Å². The van der Waals surface area contributed by atoms with Crippen LogP contribution in [0.15, 0.2) is 36.7 Å². The van der Waals surface area contributed by atoms with Gasteiger partial charge in [-0.05, 0) is 17.7 Å². The highest BCUT2D eigenvalue weighted by Crippen LogP contribution is 2.19. The molecule has 0 spiro atoms. The molecule has 0 bridgehead atoms. The van der Waals surface area contributed by atoms with E-state index in [1.54, 1.807) is 17.8 Å². The van der Waals surface area contributed by atoms with Crippen molar-refractivity contribution in [3.63, 3.8) is 0 Å². The number of benzene rings is 1. The Morgan fingerprint density at radius 1 is 1.20 bits per heavy atom. The standard InChI is InChI=1S/C11H10ClN3/c1-15-7-9(6-14-11(15)13)8-2-4-10(12)5-3-8/h2-7,13H,1H3. The van der Waals surface area contributed by atoms with Gasteiger partial charge in [0.1, 0.15) is 0 Å². The fourth-order valence-corrected chi connectivity index (χ4v) is 1.44. The van der Waals surface area contributed by atoms with Gasteiger partial charge in [-0.3, -0.25) is 5.41 Å². The molecule has 0 aliphatic heterocycles. The number of hydrogen-bond donors (Lipinski definition) is 1. The zero-order chi connectivity index (χ0) is 10.8. The molecule has 0 saturated carbocycles. The van der Waals surface area contributed by atoms with Crippen LogP contribution in [-0.4, -0.2) is 9.55 Å². The number of nitrogens with zero attached hydrogens (tertiary/aromatic N) is 2. The van der Waals surface area contributed by atoms with Crippen LogP contribution in [0.2, 0.25) is 5.02 Å². The van der Waals surface area contributed by atoms with E-state index in [4.69, 9.17) is 17.0 Å². The molecule has 0 amide bonds. The summed E-state index contributed by atoms with van der Waals surface area (Å²) in [6.07, 6.45) is 3.56. The van der Waals surface area contributed by atoms with Crippen molar-refractivity contribution in [1.29, 1.82) is 5.41 Å². The number of aromatic nitrogens is 2. The summed E-state index contributed by atoms with van der Waals surface area (Å²) in [6.45, 7) is 0. The van der Waals surface area contributed by atoms with Gasteiger partial charge >= 0.3 is 0 Å². The molecule has 1 aromatic carbocycles. The number of rotatable bonds is 1. The highest BCUT2D eigenvalue weighted by molar-refractivity contribution is 6.30. The molecule has 0 unspecified atom stereocenters. The zero-order valence-corrected chi connectivity index (χ0v) is 8.99. The fraction of sp³-hybridized carbons (Fsp3) is 0.0909. The molecule has 2 rings (SSSR count). The Kier molecular flexibility index (Phi) is 2.56. The summed E-state index contributed by atoms with van der Waals surface area (Å²) in [5, 5.41) is 8.16. The number of aryl methyl sites for hydroxylation is 1. The first-order valence-electron chi connectivity index (χ1n) is 4.50. The van der Waals surface area contributed by atoms with E-state index in [0.717, 1.165) is 11.1 Å². The largest absolute Gasteiger partial charge is 0.320 e. The van der Waals surface area contributed by atoms with Gasteiger partial charge < -0.3 is 4.57 Å². The summed E-state index contributed by atoms with van der Waals surface area (Å²) >= 11 is 5.80. The lowest BCUT2D eigenvalue weighted by Crippen LogP contribution is -2.18. The Labute approximate surface area is 92.5 Å². The summed E-state index contributed by atoms with van der Waals surface area (Å²) in [5.41, 5.74) is 2.26. The normalized spacial score (nSPS) is 10.3. The van der Waals surface area contributed by atoms with Crippen molar-refractivity contribution in [1.82, 2.24) is 9.55 Å². The Morgan fingerprint density at radius 2 is 1.87 bits per heavy atom. The lowest BCUT2D eigenvalue weighted by molar-refractivity contribution is 0.764. The Morgan fingerprint density at radius 3 is 2.47 bits per heavy atom. The van der Waals surface area contributed by atoms with E-state index < -0.39 is 0 Å². The highest BCUT2D eigenvalue weighted by atomic mass is 35.5. The first-order valence-corrected chi connectivity index (χ1v) is 4.88. The second kappa shape index (κ2) is 3.87. The second-order valence-corrected chi connectivity index (χ2v) is 3.72. The maximum Gasteiger partial charge on any atom is 0.221 e. The number of halogens is 1. The topological polar surface area (TPSA) is 41.7 Å². The maximum atomic E-state index is 7.44. The molecular weight excluding hydrogens is 210 g/mol. The quantitative estimate of drug-likeness (QED) is 0.785. The summed E-state index contributed by atoms with van der Waals surface area (Å²) in [6, 6.07) is 7.54. The molecule has 3 nitrogen and oxygen atoms in total. The number of nitrogens with one attached hydrogen (secondary N) is 1. The third-order valence-electron chi connectivity index (χ3n) is 2.17. The molecule has 0 atom stereocenters. The van der Waals surface area contributed by atoms with Crippen LogP contribution in [-0.2, 0) is 7.05 Å². The van der Waals surface area contributed by atoms with Gasteiger partial charge in [0.05, 0.1) is 0 Å². The summed E-state index contributed by atoms with van der Waals surface area (Å²) in [5.74, 6) is 0. The molecule has 1 aromatic heterocycles. The third-order valence-corrected chi connectivity index (χ3v) is 2.42. The fourth-order valence-electron chi connectivity index (χ4n) is 1.32. The van der Waals surface area contributed by atoms with Crippen molar-refractivity contribution in [3.8, 4) is 11.1 Å². The summed E-state index contributed by atoms with van der Waals surface area (Å²) in [4.78, 5) is 3.97. The minimum Gasteiger partial charge on any atom is -0.320 e. The molecule has 0 aliphatic carbocycles. The lowest BCUT2D eigenvalue weighted by atomic mass is 10.1. The first-order chi connectivity index (χ1) is 7.16. The van der Waals surface area contributed by atoms with Crippen LogP contribution >= 0.6 is 11.6 Å². The van der Waals surface area contributed by atoms with Crippen LogP contribution in [0.5, 0.6) is 0 Å². The van der Waals surface area contributed by atoms with Crippen molar-refractivity contribution in [2.75, 3.05) is 0 Å². The van der Waals surface area contributed by atoms with E-state index in [9.17, 15) is 0 Å². The van der Waals surface area contributed by atoms with Crippen LogP contribution in [0.1, 0.15) is 0 Å². The molecule has 0 saturated heterocycles. The summed E-state index contributed by atoms with van der Waals surface area (Å²) in [7, 11) is 1.80. The molecule has 0 aliphatic rings. The Bertz CT molecular complexity index is 528. The minimum absolute atomic E-state index is 0.243. The number of hydrogen-bond acceptors (Lipinski definition) is 2. The van der Waals surface area contributed by atoms with Crippen molar-refractivity contribution in [2.24, 2.45) is 7.05 Å². The van der Waals surface area contributed by atoms with Gasteiger partial charge in [0, 0.05) is 30.0 Å². The maximum absolute atomic E-state index is 7.44. The van der Waals surface area contributed by atoms with Crippen molar-refractivity contribution in [3.05, 3.63) is 47.3 Å². The predicted octanol–water partition coefficient (Wildman–Crippen LogP) is 2.22. The second-order valence-electron chi connectivity index (χ2n) is 3.28. The smallest absolute Gasteiger partial charge is 0.221 e. The van der Waals surface area contributed by atoms with Crippen LogP contribution in [0.25, 0.3) is 11.1 Å². The zero-order valence-electron chi connectivity index (χ0n) is 8.24. The van der Waals surface area contributed by atoms with Gasteiger partial charge in [0.15, 0.2) is 0 Å². The molecule has 2 aromatic rings. The van der Waals surface area contributed by atoms with Gasteiger partial charge in [-0.25, -0.2) is 4.98 Å². The van der Waals surface area contributed by atoms with E-state index in [1.165, 1.54) is 0 Å². The van der Waals surface area contributed by atoms with Crippen molar-refractivity contribution in [2.45, 2.75) is 0 Å². The highest BCUT2D eigenvalue weighted by Gasteiger charge is 1.98. The Balaban J connectivity index is 2.50. The van der Waals surface area contributed by atoms with E-state index in [0.29, 0.717) is 5.02 Å². The van der Waals surface area contributed by atoms with Crippen LogP contribution in [0.3, 0.4) is 0 Å². The Hall–Kier alpha value is -1.61. The average Bonchev–Trinajstić information content (AvgIpc) is 2.23. The third kappa shape index (κ3) is 2.07. The predicted molar refractivity (Wildman–Crippen MR) is 59.5 cm³/mol. The molecule has 0 radical (unpaired) electrons. The average molecular weight is 220 g/mol. The van der Waals surface area contributed by atoms with Crippen LogP contribution in [0, 0.1) is 5.41 Å². The molecular formula is C11H10ClN3. The van der Waals surface area contributed by atoms with Crippen molar-refractivity contribution >= 4 is 11.6 Å². The SMILES string of the molecule is Cn1cc(-c2ccc(Cl)cc2)cnc1=N. The molecule has 76 valence electrons. The van der Waals surface area contributed by atoms with E-state index in [-0.39, 0.29) is 5.62 Å². The van der Waals surface area contributed by atoms with Gasteiger partial charge in [0.25, 0.3) is 0 Å². The van der Waals surface area contributed by atoms with Crippen LogP contribution in [0.4, 0.5) is 0 Å². The molecule has 4 heteroatoms. The monoisotopic (exact) mass is 219 g/mol. The molecule has 1 N–H and O–H groups in total. The van der Waals surface area contributed by atoms with Gasteiger partial charge in [-0.1, -0.05) is 23.7 Å². The lowest BCUT2D eigenvalue weighted by Gasteiger charge is -2.03. The summed E-state index contributed by atoms with van der Waals surface area (Å²) < 4.78 is 1.67.